The molecule has 0 aliphatic carbocycles. The first kappa shape index (κ1) is 25.1. The van der Waals surface area contributed by atoms with Crippen molar-refractivity contribution < 1.29 is 0 Å². The van der Waals surface area contributed by atoms with E-state index in [1.807, 2.05) is 0 Å². The smallest absolute Gasteiger partial charge is 0.0470 e. The third-order valence-corrected chi connectivity index (χ3v) is 8.45. The Morgan fingerprint density at radius 2 is 0.721 bits per heavy atom. The Balaban J connectivity index is 1.25. The van der Waals surface area contributed by atoms with Crippen LogP contribution in [0.5, 0.6) is 0 Å². The van der Waals surface area contributed by atoms with E-state index in [2.05, 4.69) is 175 Å². The van der Waals surface area contributed by atoms with E-state index in [0.29, 0.717) is 0 Å². The number of nitrogens with one attached hydrogen (secondary N) is 1. The Labute approximate surface area is 251 Å². The van der Waals surface area contributed by atoms with Gasteiger partial charge in [0, 0.05) is 16.9 Å². The number of fused-ring (bicyclic) bond motifs is 6. The van der Waals surface area contributed by atoms with Crippen molar-refractivity contribution in [3.05, 3.63) is 170 Å². The van der Waals surface area contributed by atoms with Crippen LogP contribution < -0.4 is 5.32 Å². The fourth-order valence-electron chi connectivity index (χ4n) is 6.32. The van der Waals surface area contributed by atoms with Gasteiger partial charge in [-0.25, -0.2) is 0 Å². The van der Waals surface area contributed by atoms with Gasteiger partial charge >= 0.3 is 0 Å². The van der Waals surface area contributed by atoms with E-state index in [1.54, 1.807) is 0 Å². The van der Waals surface area contributed by atoms with E-state index in [4.69, 9.17) is 0 Å². The molecule has 8 rings (SSSR count). The fourth-order valence-corrected chi connectivity index (χ4v) is 6.32. The topological polar surface area (TPSA) is 12.0 Å². The van der Waals surface area contributed by atoms with Crippen molar-refractivity contribution in [2.45, 2.75) is 0 Å². The maximum absolute atomic E-state index is 3.75. The first-order valence-corrected chi connectivity index (χ1v) is 14.8. The van der Waals surface area contributed by atoms with Gasteiger partial charge in [0.05, 0.1) is 0 Å². The van der Waals surface area contributed by atoms with Crippen molar-refractivity contribution in [2.24, 2.45) is 0 Å². The van der Waals surface area contributed by atoms with E-state index < -0.39 is 0 Å². The highest BCUT2D eigenvalue weighted by Crippen LogP contribution is 2.39. The molecule has 0 fully saturated rings. The Kier molecular flexibility index (Phi) is 6.20. The summed E-state index contributed by atoms with van der Waals surface area (Å²) in [5, 5.41) is 11.5. The summed E-state index contributed by atoms with van der Waals surface area (Å²) in [6.07, 6.45) is 0. The van der Waals surface area contributed by atoms with Crippen LogP contribution in [0.25, 0.3) is 65.7 Å². The van der Waals surface area contributed by atoms with Gasteiger partial charge in [-0.2, -0.15) is 0 Å². The van der Waals surface area contributed by atoms with Gasteiger partial charge < -0.3 is 5.32 Å². The molecule has 202 valence electrons. The lowest BCUT2D eigenvalue weighted by atomic mass is 9.91. The molecule has 8 aromatic carbocycles. The molecule has 1 N–H and O–H groups in total. The van der Waals surface area contributed by atoms with Crippen LogP contribution in [0.3, 0.4) is 0 Å². The SMILES string of the molecule is c1ccc(-c2ccc(Nc3cc(-c4ccc5c6ccccc6c6ccccc6c5c4)ccc3-c3ccccc3)cc2)cc1. The lowest BCUT2D eigenvalue weighted by Crippen LogP contribution is -1.95. The highest BCUT2D eigenvalue weighted by atomic mass is 14.9. The van der Waals surface area contributed by atoms with Gasteiger partial charge in [0.2, 0.25) is 0 Å². The van der Waals surface area contributed by atoms with Crippen molar-refractivity contribution in [3.8, 4) is 33.4 Å². The summed E-state index contributed by atoms with van der Waals surface area (Å²) >= 11 is 0. The van der Waals surface area contributed by atoms with E-state index >= 15 is 0 Å². The van der Waals surface area contributed by atoms with Crippen LogP contribution in [0.15, 0.2) is 170 Å². The maximum atomic E-state index is 3.75. The second-order valence-corrected chi connectivity index (χ2v) is 11.0. The molecule has 0 atom stereocenters. The zero-order chi connectivity index (χ0) is 28.6. The summed E-state index contributed by atoms with van der Waals surface area (Å²) in [4.78, 5) is 0. The summed E-state index contributed by atoms with van der Waals surface area (Å²) < 4.78 is 0. The predicted molar refractivity (Wildman–Crippen MR) is 185 cm³/mol. The molecular formula is C42H29N. The summed E-state index contributed by atoms with van der Waals surface area (Å²) in [7, 11) is 0. The minimum atomic E-state index is 1.06. The minimum absolute atomic E-state index is 1.06. The summed E-state index contributed by atoms with van der Waals surface area (Å²) in [5.74, 6) is 0. The Morgan fingerprint density at radius 1 is 0.279 bits per heavy atom. The fraction of sp³-hybridized carbons (Fsp3) is 0. The molecule has 0 aromatic heterocycles. The quantitative estimate of drug-likeness (QED) is 0.211. The van der Waals surface area contributed by atoms with Crippen LogP contribution in [0, 0.1) is 0 Å². The summed E-state index contributed by atoms with van der Waals surface area (Å²) in [5.41, 5.74) is 9.32. The molecule has 0 aliphatic rings. The van der Waals surface area contributed by atoms with Crippen LogP contribution >= 0.6 is 0 Å². The van der Waals surface area contributed by atoms with Gasteiger partial charge in [0.25, 0.3) is 0 Å². The molecule has 0 saturated heterocycles. The lowest BCUT2D eigenvalue weighted by molar-refractivity contribution is 1.52. The minimum Gasteiger partial charge on any atom is -0.355 e. The van der Waals surface area contributed by atoms with E-state index in [1.165, 1.54) is 65.7 Å². The molecule has 43 heavy (non-hydrogen) atoms. The second kappa shape index (κ2) is 10.6. The number of rotatable bonds is 5. The van der Waals surface area contributed by atoms with E-state index in [0.717, 1.165) is 11.4 Å². The molecule has 0 spiro atoms. The number of hydrogen-bond donors (Lipinski definition) is 1. The van der Waals surface area contributed by atoms with Crippen molar-refractivity contribution in [1.29, 1.82) is 0 Å². The second-order valence-electron chi connectivity index (χ2n) is 11.0. The van der Waals surface area contributed by atoms with Gasteiger partial charge in [-0.1, -0.05) is 146 Å². The molecule has 0 bridgehead atoms. The van der Waals surface area contributed by atoms with Gasteiger partial charge in [-0.3, -0.25) is 0 Å². The molecule has 0 unspecified atom stereocenters. The van der Waals surface area contributed by atoms with E-state index in [-0.39, 0.29) is 0 Å². The van der Waals surface area contributed by atoms with E-state index in [9.17, 15) is 0 Å². The standard InChI is InChI=1S/C42H29N/c1-3-11-29(12-4-1)30-19-23-34(24-20-30)43-42-28-33(21-25-35(42)31-13-5-2-6-14-31)32-22-26-40-38-17-8-7-15-36(38)37-16-9-10-18-39(37)41(40)27-32/h1-28,43H. The van der Waals surface area contributed by atoms with Crippen LogP contribution in [0.4, 0.5) is 11.4 Å². The highest BCUT2D eigenvalue weighted by molar-refractivity contribution is 6.25. The van der Waals surface area contributed by atoms with Crippen LogP contribution in [0.1, 0.15) is 0 Å². The molecule has 0 amide bonds. The molecule has 0 heterocycles. The Bertz CT molecular complexity index is 2200. The average Bonchev–Trinajstić information content (AvgIpc) is 3.09. The van der Waals surface area contributed by atoms with Gasteiger partial charge in [-0.05, 0) is 84.4 Å². The summed E-state index contributed by atoms with van der Waals surface area (Å²) in [6.45, 7) is 0. The Morgan fingerprint density at radius 3 is 1.35 bits per heavy atom. The van der Waals surface area contributed by atoms with Crippen molar-refractivity contribution in [3.63, 3.8) is 0 Å². The van der Waals surface area contributed by atoms with Crippen molar-refractivity contribution in [1.82, 2.24) is 0 Å². The molecule has 8 aromatic rings. The number of benzene rings is 8. The molecular weight excluding hydrogens is 518 g/mol. The number of hydrogen-bond acceptors (Lipinski definition) is 1. The molecule has 0 aliphatic heterocycles. The maximum Gasteiger partial charge on any atom is 0.0470 e. The van der Waals surface area contributed by atoms with Gasteiger partial charge in [-0.15, -0.1) is 0 Å². The first-order chi connectivity index (χ1) is 21.3. The third-order valence-electron chi connectivity index (χ3n) is 8.45. The van der Waals surface area contributed by atoms with Crippen LogP contribution in [-0.2, 0) is 0 Å². The zero-order valence-corrected chi connectivity index (χ0v) is 23.7. The molecule has 1 nitrogen and oxygen atoms in total. The zero-order valence-electron chi connectivity index (χ0n) is 23.7. The Hall–Kier alpha value is -5.66. The average molecular weight is 548 g/mol. The monoisotopic (exact) mass is 547 g/mol. The van der Waals surface area contributed by atoms with Crippen molar-refractivity contribution in [2.75, 3.05) is 5.32 Å². The highest BCUT2D eigenvalue weighted by Gasteiger charge is 2.12. The largest absolute Gasteiger partial charge is 0.355 e. The molecule has 0 saturated carbocycles. The summed E-state index contributed by atoms with van der Waals surface area (Å²) in [6, 6.07) is 61.0. The molecule has 1 heteroatoms. The lowest BCUT2D eigenvalue weighted by Gasteiger charge is -2.16. The van der Waals surface area contributed by atoms with Gasteiger partial charge in [0.15, 0.2) is 0 Å². The number of anilines is 2. The predicted octanol–water partition coefficient (Wildman–Crippen LogP) is 11.9. The van der Waals surface area contributed by atoms with Crippen LogP contribution in [-0.4, -0.2) is 0 Å². The third kappa shape index (κ3) is 4.62. The van der Waals surface area contributed by atoms with Crippen molar-refractivity contribution >= 4 is 43.7 Å². The normalized spacial score (nSPS) is 11.3. The van der Waals surface area contributed by atoms with Crippen LogP contribution in [0.2, 0.25) is 0 Å². The first-order valence-electron chi connectivity index (χ1n) is 14.8. The van der Waals surface area contributed by atoms with Gasteiger partial charge in [0.1, 0.15) is 0 Å². The molecule has 0 radical (unpaired) electrons.